The van der Waals surface area contributed by atoms with Crippen molar-refractivity contribution in [2.24, 2.45) is 0 Å². The molecule has 0 saturated heterocycles. The lowest BCUT2D eigenvalue weighted by molar-refractivity contribution is -0.384. The van der Waals surface area contributed by atoms with Gasteiger partial charge in [0.2, 0.25) is 5.91 Å². The van der Waals surface area contributed by atoms with Gasteiger partial charge >= 0.3 is 0 Å². The Hall–Kier alpha value is -2.34. The van der Waals surface area contributed by atoms with Crippen LogP contribution in [0.5, 0.6) is 0 Å². The lowest BCUT2D eigenvalue weighted by Gasteiger charge is -2.05. The molecule has 0 bridgehead atoms. The number of non-ortho nitro benzene ring substituents is 1. The minimum absolute atomic E-state index is 0.0173. The molecule has 0 spiro atoms. The highest BCUT2D eigenvalue weighted by atomic mass is 32.2. The number of hydrogen-bond acceptors (Lipinski definition) is 4. The Labute approximate surface area is 139 Å². The van der Waals surface area contributed by atoms with Crippen molar-refractivity contribution in [3.63, 3.8) is 0 Å². The van der Waals surface area contributed by atoms with E-state index in [4.69, 9.17) is 0 Å². The first-order chi connectivity index (χ1) is 11.1. The maximum atomic E-state index is 11.8. The van der Waals surface area contributed by atoms with Crippen molar-refractivity contribution >= 4 is 23.4 Å². The Kier molecular flexibility index (Phi) is 6.62. The summed E-state index contributed by atoms with van der Waals surface area (Å²) in [6.45, 7) is 0.611. The number of benzene rings is 2. The zero-order chi connectivity index (χ0) is 16.5. The molecule has 0 aliphatic carbocycles. The number of nitrogens with zero attached hydrogens (tertiary/aromatic N) is 1. The Balaban J connectivity index is 1.66. The van der Waals surface area contributed by atoms with Crippen molar-refractivity contribution < 1.29 is 9.72 Å². The second-order valence-corrected chi connectivity index (χ2v) is 5.99. The second-order valence-electron chi connectivity index (χ2n) is 5.01. The van der Waals surface area contributed by atoms with Crippen LogP contribution in [0.25, 0.3) is 0 Å². The van der Waals surface area contributed by atoms with Gasteiger partial charge in [-0.05, 0) is 17.5 Å². The molecule has 2 aromatic carbocycles. The third-order valence-electron chi connectivity index (χ3n) is 3.20. The minimum Gasteiger partial charge on any atom is -0.355 e. The first-order valence-corrected chi connectivity index (χ1v) is 8.42. The zero-order valence-electron chi connectivity index (χ0n) is 12.6. The number of nitro groups is 1. The fourth-order valence-electron chi connectivity index (χ4n) is 2.06. The normalized spacial score (nSPS) is 10.3. The highest BCUT2D eigenvalue weighted by molar-refractivity contribution is 7.99. The van der Waals surface area contributed by atoms with E-state index >= 15 is 0 Å². The molecule has 1 amide bonds. The highest BCUT2D eigenvalue weighted by Crippen LogP contribution is 2.17. The van der Waals surface area contributed by atoms with Gasteiger partial charge in [-0.25, -0.2) is 0 Å². The van der Waals surface area contributed by atoms with E-state index in [0.717, 1.165) is 12.0 Å². The van der Waals surface area contributed by atoms with Crippen LogP contribution in [-0.4, -0.2) is 23.1 Å². The van der Waals surface area contributed by atoms with Crippen molar-refractivity contribution in [2.75, 3.05) is 12.3 Å². The average Bonchev–Trinajstić information content (AvgIpc) is 2.56. The first kappa shape index (κ1) is 17.0. The van der Waals surface area contributed by atoms with Crippen LogP contribution in [0.4, 0.5) is 5.69 Å². The molecule has 0 unspecified atom stereocenters. The quantitative estimate of drug-likeness (QED) is 0.596. The van der Waals surface area contributed by atoms with E-state index in [2.05, 4.69) is 5.32 Å². The van der Waals surface area contributed by atoms with E-state index in [0.29, 0.717) is 18.1 Å². The van der Waals surface area contributed by atoms with E-state index in [1.54, 1.807) is 12.1 Å². The van der Waals surface area contributed by atoms with Crippen LogP contribution < -0.4 is 5.32 Å². The van der Waals surface area contributed by atoms with E-state index < -0.39 is 4.92 Å². The Morgan fingerprint density at radius 2 is 1.83 bits per heavy atom. The number of carbonyl (C=O) groups excluding carboxylic acids is 1. The van der Waals surface area contributed by atoms with Crippen LogP contribution in [0.1, 0.15) is 11.1 Å². The van der Waals surface area contributed by atoms with Crippen molar-refractivity contribution in [3.8, 4) is 0 Å². The zero-order valence-corrected chi connectivity index (χ0v) is 13.4. The number of carbonyl (C=O) groups is 1. The van der Waals surface area contributed by atoms with Crippen LogP contribution in [0, 0.1) is 10.1 Å². The molecule has 2 rings (SSSR count). The smallest absolute Gasteiger partial charge is 0.269 e. The summed E-state index contributed by atoms with van der Waals surface area (Å²) in [5, 5.41) is 13.6. The number of rotatable bonds is 8. The molecule has 0 heterocycles. The molecule has 0 atom stereocenters. The summed E-state index contributed by atoms with van der Waals surface area (Å²) in [5.41, 5.74) is 2.12. The SMILES string of the molecule is O=C(CSCc1cccc([N+](=O)[O-])c1)NCCc1ccccc1. The third kappa shape index (κ3) is 6.12. The van der Waals surface area contributed by atoms with Gasteiger partial charge < -0.3 is 5.32 Å². The van der Waals surface area contributed by atoms with Gasteiger partial charge in [-0.3, -0.25) is 14.9 Å². The molecule has 23 heavy (non-hydrogen) atoms. The van der Waals surface area contributed by atoms with Crippen molar-refractivity contribution in [1.82, 2.24) is 5.32 Å². The summed E-state index contributed by atoms with van der Waals surface area (Å²) in [5.74, 6) is 0.905. The average molecular weight is 330 g/mol. The van der Waals surface area contributed by atoms with E-state index in [1.165, 1.54) is 23.4 Å². The van der Waals surface area contributed by atoms with Gasteiger partial charge in [-0.2, -0.15) is 0 Å². The molecule has 0 saturated carbocycles. The lowest BCUT2D eigenvalue weighted by atomic mass is 10.1. The summed E-state index contributed by atoms with van der Waals surface area (Å²) in [4.78, 5) is 22.1. The molecule has 6 heteroatoms. The largest absolute Gasteiger partial charge is 0.355 e. The van der Waals surface area contributed by atoms with E-state index in [-0.39, 0.29) is 11.6 Å². The molecule has 2 aromatic rings. The number of nitro benzene ring substituents is 1. The summed E-state index contributed by atoms with van der Waals surface area (Å²) in [6.07, 6.45) is 0.808. The fraction of sp³-hybridized carbons (Fsp3) is 0.235. The third-order valence-corrected chi connectivity index (χ3v) is 4.21. The van der Waals surface area contributed by atoms with E-state index in [1.807, 2.05) is 36.4 Å². The van der Waals surface area contributed by atoms with Gasteiger partial charge in [0, 0.05) is 24.4 Å². The Morgan fingerprint density at radius 3 is 2.57 bits per heavy atom. The maximum absolute atomic E-state index is 11.8. The van der Waals surface area contributed by atoms with Crippen LogP contribution >= 0.6 is 11.8 Å². The molecular formula is C17H18N2O3S. The fourth-order valence-corrected chi connectivity index (χ4v) is 2.87. The van der Waals surface area contributed by atoms with Crippen LogP contribution in [0.15, 0.2) is 54.6 Å². The summed E-state index contributed by atoms with van der Waals surface area (Å²) in [7, 11) is 0. The van der Waals surface area contributed by atoms with Gasteiger partial charge in [0.1, 0.15) is 0 Å². The predicted octanol–water partition coefficient (Wildman–Crippen LogP) is 3.19. The lowest BCUT2D eigenvalue weighted by Crippen LogP contribution is -2.27. The van der Waals surface area contributed by atoms with Gasteiger partial charge in [-0.15, -0.1) is 11.8 Å². The number of hydrogen-bond donors (Lipinski definition) is 1. The minimum atomic E-state index is -0.412. The summed E-state index contributed by atoms with van der Waals surface area (Å²) in [6, 6.07) is 16.5. The standard InChI is InChI=1S/C17H18N2O3S/c20-17(18-10-9-14-5-2-1-3-6-14)13-23-12-15-7-4-8-16(11-15)19(21)22/h1-8,11H,9-10,12-13H2,(H,18,20). The van der Waals surface area contributed by atoms with Crippen molar-refractivity contribution in [2.45, 2.75) is 12.2 Å². The van der Waals surface area contributed by atoms with E-state index in [9.17, 15) is 14.9 Å². The Bertz CT molecular complexity index is 662. The second kappa shape index (κ2) is 8.95. The molecule has 120 valence electrons. The molecule has 0 radical (unpaired) electrons. The number of thioether (sulfide) groups is 1. The predicted molar refractivity (Wildman–Crippen MR) is 92.4 cm³/mol. The van der Waals surface area contributed by atoms with Gasteiger partial charge in [-0.1, -0.05) is 42.5 Å². The molecule has 5 nitrogen and oxygen atoms in total. The van der Waals surface area contributed by atoms with Crippen molar-refractivity contribution in [1.29, 1.82) is 0 Å². The number of nitrogens with one attached hydrogen (secondary N) is 1. The van der Waals surface area contributed by atoms with Crippen LogP contribution in [0.3, 0.4) is 0 Å². The van der Waals surface area contributed by atoms with Crippen molar-refractivity contribution in [3.05, 3.63) is 75.8 Å². The van der Waals surface area contributed by atoms with Gasteiger partial charge in [0.25, 0.3) is 5.69 Å². The summed E-state index contributed by atoms with van der Waals surface area (Å²) >= 11 is 1.45. The van der Waals surface area contributed by atoms with Crippen LogP contribution in [0.2, 0.25) is 0 Å². The van der Waals surface area contributed by atoms with Gasteiger partial charge in [0.15, 0.2) is 0 Å². The highest BCUT2D eigenvalue weighted by Gasteiger charge is 2.06. The summed E-state index contributed by atoms with van der Waals surface area (Å²) < 4.78 is 0. The molecule has 1 N–H and O–H groups in total. The van der Waals surface area contributed by atoms with Crippen LogP contribution in [-0.2, 0) is 17.0 Å². The molecule has 0 aliphatic rings. The topological polar surface area (TPSA) is 72.2 Å². The molecule has 0 fully saturated rings. The first-order valence-electron chi connectivity index (χ1n) is 7.27. The molecule has 0 aromatic heterocycles. The number of amides is 1. The monoisotopic (exact) mass is 330 g/mol. The van der Waals surface area contributed by atoms with Gasteiger partial charge in [0.05, 0.1) is 10.7 Å². The maximum Gasteiger partial charge on any atom is 0.269 e. The molecular weight excluding hydrogens is 312 g/mol. The molecule has 0 aliphatic heterocycles. The Morgan fingerprint density at radius 1 is 1.09 bits per heavy atom.